The first-order chi connectivity index (χ1) is 12.2. The molecular formula is C20H29N3O2. The maximum atomic E-state index is 5.85. The van der Waals surface area contributed by atoms with Gasteiger partial charge in [-0.25, -0.2) is 0 Å². The van der Waals surface area contributed by atoms with Gasteiger partial charge in [0.25, 0.3) is 0 Å². The van der Waals surface area contributed by atoms with Crippen LogP contribution >= 0.6 is 0 Å². The van der Waals surface area contributed by atoms with Crippen LogP contribution in [0.25, 0.3) is 11.0 Å². The van der Waals surface area contributed by atoms with Crippen molar-refractivity contribution in [3.63, 3.8) is 0 Å². The predicted molar refractivity (Wildman–Crippen MR) is 102 cm³/mol. The molecule has 136 valence electrons. The van der Waals surface area contributed by atoms with E-state index >= 15 is 0 Å². The number of nitrogens with one attached hydrogen (secondary N) is 2. The molecule has 0 spiro atoms. The summed E-state index contributed by atoms with van der Waals surface area (Å²) in [4.78, 5) is 4.34. The van der Waals surface area contributed by atoms with E-state index in [4.69, 9.17) is 9.15 Å². The smallest absolute Gasteiger partial charge is 0.191 e. The summed E-state index contributed by atoms with van der Waals surface area (Å²) in [5.41, 5.74) is 1.33. The number of hydrogen-bond acceptors (Lipinski definition) is 3. The van der Waals surface area contributed by atoms with E-state index in [1.54, 1.807) is 7.11 Å². The molecule has 1 aromatic heterocycles. The maximum Gasteiger partial charge on any atom is 0.191 e. The lowest BCUT2D eigenvalue weighted by Crippen LogP contribution is -2.47. The zero-order valence-electron chi connectivity index (χ0n) is 15.3. The Morgan fingerprint density at radius 1 is 1.28 bits per heavy atom. The molecule has 2 aromatic rings. The van der Waals surface area contributed by atoms with E-state index in [9.17, 15) is 0 Å². The van der Waals surface area contributed by atoms with Gasteiger partial charge in [-0.15, -0.1) is 0 Å². The van der Waals surface area contributed by atoms with Crippen molar-refractivity contribution in [2.45, 2.75) is 32.1 Å². The fourth-order valence-corrected chi connectivity index (χ4v) is 3.47. The first kappa shape index (κ1) is 17.8. The Kier molecular flexibility index (Phi) is 5.97. The molecule has 0 amide bonds. The molecule has 5 heteroatoms. The van der Waals surface area contributed by atoms with E-state index in [1.165, 1.54) is 19.3 Å². The summed E-state index contributed by atoms with van der Waals surface area (Å²) in [6.45, 7) is 2.59. The standard InChI is InChI=1S/C20H29N3O2/c1-21-19(23-15-20(9-5-10-20)11-13-24-2)22-12-8-17-14-16-6-3-4-7-18(16)25-17/h3-4,6-7,14H,5,8-13,15H2,1-2H3,(H2,21,22,23). The van der Waals surface area contributed by atoms with Crippen molar-refractivity contribution in [2.24, 2.45) is 10.4 Å². The summed E-state index contributed by atoms with van der Waals surface area (Å²) >= 11 is 0. The molecule has 0 unspecified atom stereocenters. The minimum Gasteiger partial charge on any atom is -0.461 e. The molecule has 1 fully saturated rings. The van der Waals surface area contributed by atoms with Gasteiger partial charge in [-0.05, 0) is 36.8 Å². The van der Waals surface area contributed by atoms with Crippen LogP contribution in [-0.2, 0) is 11.2 Å². The summed E-state index contributed by atoms with van der Waals surface area (Å²) in [6, 6.07) is 10.2. The van der Waals surface area contributed by atoms with Crippen LogP contribution in [0.4, 0.5) is 0 Å². The van der Waals surface area contributed by atoms with E-state index in [0.717, 1.165) is 55.2 Å². The molecule has 1 saturated carbocycles. The highest BCUT2D eigenvalue weighted by Crippen LogP contribution is 2.43. The lowest BCUT2D eigenvalue weighted by Gasteiger charge is -2.42. The normalized spacial score (nSPS) is 16.6. The number of fused-ring (bicyclic) bond motifs is 1. The van der Waals surface area contributed by atoms with Crippen LogP contribution in [0.5, 0.6) is 0 Å². The third-order valence-corrected chi connectivity index (χ3v) is 5.25. The van der Waals surface area contributed by atoms with Crippen LogP contribution in [-0.4, -0.2) is 39.8 Å². The number of rotatable bonds is 8. The Morgan fingerprint density at radius 2 is 2.12 bits per heavy atom. The highest BCUT2D eigenvalue weighted by Gasteiger charge is 2.36. The van der Waals surface area contributed by atoms with Gasteiger partial charge in [0.05, 0.1) is 0 Å². The van der Waals surface area contributed by atoms with Crippen molar-refractivity contribution >= 4 is 16.9 Å². The number of nitrogens with zero attached hydrogens (tertiary/aromatic N) is 1. The van der Waals surface area contributed by atoms with Crippen molar-refractivity contribution in [3.8, 4) is 0 Å². The van der Waals surface area contributed by atoms with Gasteiger partial charge in [-0.1, -0.05) is 24.6 Å². The van der Waals surface area contributed by atoms with Crippen LogP contribution < -0.4 is 10.6 Å². The number of guanidine groups is 1. The number of hydrogen-bond donors (Lipinski definition) is 2. The minimum absolute atomic E-state index is 0.381. The van der Waals surface area contributed by atoms with Crippen molar-refractivity contribution in [2.75, 3.05) is 33.9 Å². The molecule has 0 radical (unpaired) electrons. The number of aliphatic imine (C=N–C) groups is 1. The molecule has 0 aliphatic heterocycles. The number of para-hydroxylation sites is 1. The number of furan rings is 1. The molecule has 2 N–H and O–H groups in total. The fraction of sp³-hybridized carbons (Fsp3) is 0.550. The van der Waals surface area contributed by atoms with Crippen molar-refractivity contribution in [1.82, 2.24) is 10.6 Å². The lowest BCUT2D eigenvalue weighted by atomic mass is 9.67. The maximum absolute atomic E-state index is 5.85. The van der Waals surface area contributed by atoms with Gasteiger partial charge in [0.2, 0.25) is 0 Å². The first-order valence-corrected chi connectivity index (χ1v) is 9.16. The molecule has 1 aromatic carbocycles. The zero-order chi connectivity index (χ0) is 17.5. The van der Waals surface area contributed by atoms with Crippen molar-refractivity contribution < 1.29 is 9.15 Å². The van der Waals surface area contributed by atoms with Gasteiger partial charge in [0.15, 0.2) is 5.96 Å². The van der Waals surface area contributed by atoms with Gasteiger partial charge < -0.3 is 19.8 Å². The monoisotopic (exact) mass is 343 g/mol. The van der Waals surface area contributed by atoms with Gasteiger partial charge in [0.1, 0.15) is 11.3 Å². The second-order valence-electron chi connectivity index (χ2n) is 6.95. The molecular weight excluding hydrogens is 314 g/mol. The first-order valence-electron chi connectivity index (χ1n) is 9.16. The Balaban J connectivity index is 1.44. The molecule has 25 heavy (non-hydrogen) atoms. The molecule has 0 bridgehead atoms. The summed E-state index contributed by atoms with van der Waals surface area (Å²) in [6.07, 6.45) is 5.83. The van der Waals surface area contributed by atoms with E-state index in [-0.39, 0.29) is 0 Å². The molecule has 1 aliphatic carbocycles. The van der Waals surface area contributed by atoms with E-state index < -0.39 is 0 Å². The van der Waals surface area contributed by atoms with Gasteiger partial charge in [-0.3, -0.25) is 4.99 Å². The molecule has 0 atom stereocenters. The van der Waals surface area contributed by atoms with Crippen molar-refractivity contribution in [1.29, 1.82) is 0 Å². The lowest BCUT2D eigenvalue weighted by molar-refractivity contribution is 0.0732. The second kappa shape index (κ2) is 8.39. The third kappa shape index (κ3) is 4.54. The van der Waals surface area contributed by atoms with Crippen LogP contribution in [0.3, 0.4) is 0 Å². The Morgan fingerprint density at radius 3 is 2.80 bits per heavy atom. The number of methoxy groups -OCH3 is 1. The fourth-order valence-electron chi connectivity index (χ4n) is 3.47. The van der Waals surface area contributed by atoms with Gasteiger partial charge >= 0.3 is 0 Å². The quantitative estimate of drug-likeness (QED) is 0.570. The minimum atomic E-state index is 0.381. The van der Waals surface area contributed by atoms with Crippen LogP contribution in [0, 0.1) is 5.41 Å². The molecule has 5 nitrogen and oxygen atoms in total. The molecule has 1 aliphatic rings. The Labute approximate surface area is 149 Å². The summed E-state index contributed by atoms with van der Waals surface area (Å²) < 4.78 is 11.1. The predicted octanol–water partition coefficient (Wildman–Crippen LogP) is 3.35. The average Bonchev–Trinajstić information content (AvgIpc) is 3.01. The average molecular weight is 343 g/mol. The highest BCUT2D eigenvalue weighted by atomic mass is 16.5. The Hall–Kier alpha value is -2.01. The number of benzene rings is 1. The highest BCUT2D eigenvalue weighted by molar-refractivity contribution is 5.80. The Bertz CT molecular complexity index is 671. The molecule has 3 rings (SSSR count). The van der Waals surface area contributed by atoms with E-state index in [1.807, 2.05) is 25.2 Å². The van der Waals surface area contributed by atoms with Crippen LogP contribution in [0.15, 0.2) is 39.7 Å². The third-order valence-electron chi connectivity index (χ3n) is 5.25. The van der Waals surface area contributed by atoms with Gasteiger partial charge in [0, 0.05) is 45.7 Å². The van der Waals surface area contributed by atoms with Crippen LogP contribution in [0.1, 0.15) is 31.4 Å². The topological polar surface area (TPSA) is 58.8 Å². The largest absolute Gasteiger partial charge is 0.461 e. The summed E-state index contributed by atoms with van der Waals surface area (Å²) in [7, 11) is 3.59. The van der Waals surface area contributed by atoms with Crippen molar-refractivity contribution in [3.05, 3.63) is 36.1 Å². The second-order valence-corrected chi connectivity index (χ2v) is 6.95. The van der Waals surface area contributed by atoms with Crippen LogP contribution in [0.2, 0.25) is 0 Å². The summed E-state index contributed by atoms with van der Waals surface area (Å²) in [5, 5.41) is 8.03. The van der Waals surface area contributed by atoms with E-state index in [0.29, 0.717) is 5.41 Å². The SMILES string of the molecule is CN=C(NCCc1cc2ccccc2o1)NCC1(CCOC)CCC1. The zero-order valence-corrected chi connectivity index (χ0v) is 15.3. The van der Waals surface area contributed by atoms with E-state index in [2.05, 4.69) is 27.8 Å². The molecule has 1 heterocycles. The molecule has 0 saturated heterocycles. The summed E-state index contributed by atoms with van der Waals surface area (Å²) in [5.74, 6) is 1.86. The number of ether oxygens (including phenoxy) is 1. The van der Waals surface area contributed by atoms with Gasteiger partial charge in [-0.2, -0.15) is 0 Å².